The van der Waals surface area contributed by atoms with Gasteiger partial charge in [0.25, 0.3) is 0 Å². The van der Waals surface area contributed by atoms with Gasteiger partial charge in [0, 0.05) is 17.0 Å². The van der Waals surface area contributed by atoms with Gasteiger partial charge in [-0.15, -0.1) is 0 Å². The maximum atomic E-state index is 14.6. The molecule has 0 amide bonds. The first-order valence-corrected chi connectivity index (χ1v) is 11.2. The Morgan fingerprint density at radius 1 is 1.19 bits per heavy atom. The lowest BCUT2D eigenvalue weighted by atomic mass is 9.98. The van der Waals surface area contributed by atoms with Gasteiger partial charge >= 0.3 is 0 Å². The highest BCUT2D eigenvalue weighted by Crippen LogP contribution is 2.32. The number of hydrogen-bond donors (Lipinski definition) is 2. The van der Waals surface area contributed by atoms with Crippen LogP contribution in [-0.4, -0.2) is 46.7 Å². The molecular weight excluding hydrogens is 407 g/mol. The summed E-state index contributed by atoms with van der Waals surface area (Å²) in [6.07, 6.45) is 3.66. The average molecular weight is 439 g/mol. The van der Waals surface area contributed by atoms with Gasteiger partial charge in [0.15, 0.2) is 0 Å². The molecule has 0 radical (unpaired) electrons. The summed E-state index contributed by atoms with van der Waals surface area (Å²) < 4.78 is 20.7. The highest BCUT2D eigenvalue weighted by Gasteiger charge is 2.19. The van der Waals surface area contributed by atoms with Crippen molar-refractivity contribution < 1.29 is 14.2 Å². The van der Waals surface area contributed by atoms with Crippen molar-refractivity contribution in [3.8, 4) is 5.75 Å². The van der Waals surface area contributed by atoms with E-state index >= 15 is 0 Å². The summed E-state index contributed by atoms with van der Waals surface area (Å²) in [5.41, 5.74) is 2.63. The Bertz CT molecular complexity index is 1080. The molecule has 1 aliphatic rings. The van der Waals surface area contributed by atoms with E-state index in [1.807, 2.05) is 32.0 Å². The number of aliphatic hydroxyl groups excluding tert-OH is 1. The maximum Gasteiger partial charge on any atom is 0.146 e. The van der Waals surface area contributed by atoms with Crippen molar-refractivity contribution in [1.29, 1.82) is 0 Å². The number of fused-ring (bicyclic) bond motifs is 1. The van der Waals surface area contributed by atoms with E-state index < -0.39 is 0 Å². The standard InChI is InChI=1S/C25H31FN4O2/c1-16(2)18-4-5-22(21(26)11-18)29-25-20-10-19(13-31)24(12-23(20)27-15-28-25)32-14-17-6-8-30(3)9-7-17/h4-5,10-12,15-17,31H,6-9,13-14H2,1-3H3,(H,27,28,29). The lowest BCUT2D eigenvalue weighted by Crippen LogP contribution is -2.32. The van der Waals surface area contributed by atoms with Gasteiger partial charge in [0.2, 0.25) is 0 Å². The molecule has 0 aliphatic carbocycles. The molecule has 1 fully saturated rings. The molecule has 1 aromatic heterocycles. The van der Waals surface area contributed by atoms with Crippen LogP contribution in [0.25, 0.3) is 10.9 Å². The summed E-state index contributed by atoms with van der Waals surface area (Å²) in [5, 5.41) is 13.7. The second kappa shape index (κ2) is 9.79. The van der Waals surface area contributed by atoms with Gasteiger partial charge in [-0.1, -0.05) is 19.9 Å². The molecule has 2 aromatic carbocycles. The van der Waals surface area contributed by atoms with Crippen LogP contribution in [0.3, 0.4) is 0 Å². The van der Waals surface area contributed by atoms with E-state index in [1.54, 1.807) is 12.1 Å². The minimum Gasteiger partial charge on any atom is -0.493 e. The molecule has 0 unspecified atom stereocenters. The lowest BCUT2D eigenvalue weighted by molar-refractivity contribution is 0.157. The Kier molecular flexibility index (Phi) is 6.86. The summed E-state index contributed by atoms with van der Waals surface area (Å²) in [7, 11) is 2.14. The van der Waals surface area contributed by atoms with Crippen molar-refractivity contribution in [3.63, 3.8) is 0 Å². The van der Waals surface area contributed by atoms with Gasteiger partial charge in [-0.05, 0) is 68.6 Å². The van der Waals surface area contributed by atoms with Gasteiger partial charge < -0.3 is 20.1 Å². The van der Waals surface area contributed by atoms with Crippen molar-refractivity contribution in [2.24, 2.45) is 5.92 Å². The number of hydrogen-bond acceptors (Lipinski definition) is 6. The van der Waals surface area contributed by atoms with Crippen LogP contribution >= 0.6 is 0 Å². The molecule has 4 rings (SSSR count). The molecule has 6 nitrogen and oxygen atoms in total. The predicted molar refractivity (Wildman–Crippen MR) is 125 cm³/mol. The fourth-order valence-electron chi connectivity index (χ4n) is 4.04. The Balaban J connectivity index is 1.57. The van der Waals surface area contributed by atoms with E-state index in [1.165, 1.54) is 6.33 Å². The highest BCUT2D eigenvalue weighted by molar-refractivity contribution is 5.92. The number of piperidine rings is 1. The monoisotopic (exact) mass is 438 g/mol. The van der Waals surface area contributed by atoms with Crippen molar-refractivity contribution in [2.45, 2.75) is 39.2 Å². The Labute approximate surface area is 188 Å². The third-order valence-corrected chi connectivity index (χ3v) is 6.21. The first-order chi connectivity index (χ1) is 15.4. The number of nitrogens with zero attached hydrogens (tertiary/aromatic N) is 3. The van der Waals surface area contributed by atoms with Crippen LogP contribution in [0, 0.1) is 11.7 Å². The van der Waals surface area contributed by atoms with Crippen molar-refractivity contribution in [3.05, 3.63) is 53.6 Å². The normalized spacial score (nSPS) is 15.4. The number of nitrogens with one attached hydrogen (secondary N) is 1. The molecule has 3 aromatic rings. The average Bonchev–Trinajstić information content (AvgIpc) is 2.79. The van der Waals surface area contributed by atoms with E-state index in [4.69, 9.17) is 4.74 Å². The van der Waals surface area contributed by atoms with E-state index in [0.29, 0.717) is 46.2 Å². The first kappa shape index (κ1) is 22.4. The summed E-state index contributed by atoms with van der Waals surface area (Å²) in [5.74, 6) is 1.55. The van der Waals surface area contributed by atoms with Crippen molar-refractivity contribution >= 4 is 22.4 Å². The fraction of sp³-hybridized carbons (Fsp3) is 0.440. The summed E-state index contributed by atoms with van der Waals surface area (Å²) in [6.45, 7) is 6.68. The molecule has 1 saturated heterocycles. The SMILES string of the molecule is CC(C)c1ccc(Nc2ncnc3cc(OCC4CCN(C)CC4)c(CO)cc23)c(F)c1. The topological polar surface area (TPSA) is 70.5 Å². The number of aromatic nitrogens is 2. The number of benzene rings is 2. The van der Waals surface area contributed by atoms with E-state index in [-0.39, 0.29) is 18.3 Å². The number of likely N-dealkylation sites (tertiary alicyclic amines) is 1. The molecule has 0 spiro atoms. The second-order valence-electron chi connectivity index (χ2n) is 8.93. The Morgan fingerprint density at radius 3 is 2.66 bits per heavy atom. The Morgan fingerprint density at radius 2 is 1.97 bits per heavy atom. The van der Waals surface area contributed by atoms with Gasteiger partial charge in [0.1, 0.15) is 23.7 Å². The van der Waals surface area contributed by atoms with E-state index in [9.17, 15) is 9.50 Å². The maximum absolute atomic E-state index is 14.6. The first-order valence-electron chi connectivity index (χ1n) is 11.2. The van der Waals surface area contributed by atoms with Gasteiger partial charge in [-0.2, -0.15) is 0 Å². The van der Waals surface area contributed by atoms with Crippen LogP contribution in [0.15, 0.2) is 36.7 Å². The van der Waals surface area contributed by atoms with E-state index in [2.05, 4.69) is 27.2 Å². The predicted octanol–water partition coefficient (Wildman–Crippen LogP) is 4.85. The number of anilines is 2. The summed E-state index contributed by atoms with van der Waals surface area (Å²) >= 11 is 0. The fourth-order valence-corrected chi connectivity index (χ4v) is 4.04. The van der Waals surface area contributed by atoms with Crippen LogP contribution < -0.4 is 10.1 Å². The second-order valence-corrected chi connectivity index (χ2v) is 8.93. The lowest BCUT2D eigenvalue weighted by Gasteiger charge is -2.29. The number of halogens is 1. The number of aliphatic hydroxyl groups is 1. The van der Waals surface area contributed by atoms with Crippen LogP contribution in [0.1, 0.15) is 43.7 Å². The summed E-state index contributed by atoms with van der Waals surface area (Å²) in [4.78, 5) is 11.0. The number of ether oxygens (including phenoxy) is 1. The zero-order valence-electron chi connectivity index (χ0n) is 18.9. The highest BCUT2D eigenvalue weighted by atomic mass is 19.1. The smallest absolute Gasteiger partial charge is 0.146 e. The molecule has 2 heterocycles. The molecule has 2 N–H and O–H groups in total. The van der Waals surface area contributed by atoms with Crippen LogP contribution in [0.2, 0.25) is 0 Å². The third-order valence-electron chi connectivity index (χ3n) is 6.21. The van der Waals surface area contributed by atoms with E-state index in [0.717, 1.165) is 31.5 Å². The molecule has 32 heavy (non-hydrogen) atoms. The van der Waals surface area contributed by atoms with Gasteiger partial charge in [-0.25, -0.2) is 14.4 Å². The molecule has 0 bridgehead atoms. The molecule has 170 valence electrons. The zero-order valence-corrected chi connectivity index (χ0v) is 18.9. The Hall–Kier alpha value is -2.77. The quantitative estimate of drug-likeness (QED) is 0.550. The van der Waals surface area contributed by atoms with Gasteiger partial charge in [0.05, 0.1) is 24.4 Å². The summed E-state index contributed by atoms with van der Waals surface area (Å²) in [6, 6.07) is 8.84. The van der Waals surface area contributed by atoms with Crippen LogP contribution in [0.5, 0.6) is 5.75 Å². The molecule has 0 saturated carbocycles. The zero-order chi connectivity index (χ0) is 22.7. The molecule has 0 atom stereocenters. The largest absolute Gasteiger partial charge is 0.493 e. The number of rotatable bonds is 7. The third kappa shape index (κ3) is 5.00. The van der Waals surface area contributed by atoms with Crippen LogP contribution in [-0.2, 0) is 6.61 Å². The molecular formula is C25H31FN4O2. The minimum absolute atomic E-state index is 0.162. The van der Waals surface area contributed by atoms with Crippen molar-refractivity contribution in [1.82, 2.24) is 14.9 Å². The van der Waals surface area contributed by atoms with Crippen molar-refractivity contribution in [2.75, 3.05) is 32.1 Å². The minimum atomic E-state index is -0.330. The molecule has 7 heteroatoms. The van der Waals surface area contributed by atoms with Crippen LogP contribution in [0.4, 0.5) is 15.9 Å². The van der Waals surface area contributed by atoms with Gasteiger partial charge in [-0.3, -0.25) is 0 Å². The molecule has 1 aliphatic heterocycles.